The third-order valence-corrected chi connectivity index (χ3v) is 6.26. The number of sulfone groups is 1. The first kappa shape index (κ1) is 15.3. The highest BCUT2D eigenvalue weighted by Gasteiger charge is 2.41. The summed E-state index contributed by atoms with van der Waals surface area (Å²) in [6.07, 6.45) is 5.16. The van der Waals surface area contributed by atoms with E-state index in [1.807, 2.05) is 4.90 Å². The Morgan fingerprint density at radius 1 is 1.26 bits per heavy atom. The second kappa shape index (κ2) is 6.57. The van der Waals surface area contributed by atoms with Crippen LogP contribution in [-0.4, -0.2) is 48.6 Å². The summed E-state index contributed by atoms with van der Waals surface area (Å²) >= 11 is 3.36. The van der Waals surface area contributed by atoms with Gasteiger partial charge >= 0.3 is 0 Å². The van der Waals surface area contributed by atoms with Gasteiger partial charge < -0.3 is 4.90 Å². The van der Waals surface area contributed by atoms with Gasteiger partial charge in [-0.05, 0) is 38.0 Å². The smallest absolute Gasteiger partial charge is 0.222 e. The predicted molar refractivity (Wildman–Crippen MR) is 79.1 cm³/mol. The fourth-order valence-electron chi connectivity index (χ4n) is 2.75. The zero-order chi connectivity index (χ0) is 13.9. The molecule has 1 aliphatic heterocycles. The first-order valence-electron chi connectivity index (χ1n) is 7.09. The van der Waals surface area contributed by atoms with Crippen molar-refractivity contribution in [1.82, 2.24) is 4.90 Å². The number of nitrogens with zero attached hydrogens (tertiary/aromatic N) is 1. The van der Waals surface area contributed by atoms with Crippen molar-refractivity contribution in [1.29, 1.82) is 0 Å². The van der Waals surface area contributed by atoms with E-state index >= 15 is 0 Å². The van der Waals surface area contributed by atoms with E-state index < -0.39 is 9.84 Å². The van der Waals surface area contributed by atoms with Gasteiger partial charge in [-0.15, -0.1) is 0 Å². The lowest BCUT2D eigenvalue weighted by atomic mass is 10.1. The number of hydrogen-bond acceptors (Lipinski definition) is 3. The minimum absolute atomic E-state index is 0.0519. The average Bonchev–Trinajstić information content (AvgIpc) is 3.15. The largest absolute Gasteiger partial charge is 0.338 e. The third kappa shape index (κ3) is 4.45. The van der Waals surface area contributed by atoms with Crippen LogP contribution in [0.4, 0.5) is 0 Å². The molecule has 0 spiro atoms. The molecule has 2 rings (SSSR count). The Labute approximate surface area is 124 Å². The van der Waals surface area contributed by atoms with E-state index in [9.17, 15) is 13.2 Å². The van der Waals surface area contributed by atoms with Crippen LogP contribution in [0.2, 0.25) is 0 Å². The normalized spacial score (nSPS) is 27.0. The Kier molecular flexibility index (Phi) is 5.29. The van der Waals surface area contributed by atoms with Crippen molar-refractivity contribution in [3.63, 3.8) is 0 Å². The van der Waals surface area contributed by atoms with Gasteiger partial charge in [0.15, 0.2) is 9.84 Å². The van der Waals surface area contributed by atoms with Gasteiger partial charge in [0.05, 0.1) is 11.5 Å². The molecule has 1 unspecified atom stereocenters. The van der Waals surface area contributed by atoms with Crippen LogP contribution >= 0.6 is 15.9 Å². The molecule has 1 saturated carbocycles. The lowest BCUT2D eigenvalue weighted by Crippen LogP contribution is -2.44. The molecule has 4 nitrogen and oxygen atoms in total. The number of carbonyl (C=O) groups excluding carboxylic acids is 1. The molecule has 1 amide bonds. The van der Waals surface area contributed by atoms with Crippen molar-refractivity contribution in [2.45, 2.75) is 44.6 Å². The molecule has 0 aromatic heterocycles. The molecule has 2 fully saturated rings. The number of carbonyl (C=O) groups is 1. The topological polar surface area (TPSA) is 54.5 Å². The van der Waals surface area contributed by atoms with Gasteiger partial charge in [0, 0.05) is 24.3 Å². The summed E-state index contributed by atoms with van der Waals surface area (Å²) in [4.78, 5) is 14.2. The second-order valence-electron chi connectivity index (χ2n) is 5.61. The predicted octanol–water partition coefficient (Wildman–Crippen LogP) is 1.98. The third-order valence-electron chi connectivity index (χ3n) is 3.94. The quantitative estimate of drug-likeness (QED) is 0.562. The lowest BCUT2D eigenvalue weighted by Gasteiger charge is -2.29. The van der Waals surface area contributed by atoms with Crippen molar-refractivity contribution < 1.29 is 13.2 Å². The Balaban J connectivity index is 2.01. The number of rotatable bonds is 5. The Hall–Kier alpha value is -0.100. The van der Waals surface area contributed by atoms with Crippen molar-refractivity contribution in [3.8, 4) is 0 Å². The maximum absolute atomic E-state index is 12.3. The molecule has 0 N–H and O–H groups in total. The van der Waals surface area contributed by atoms with Crippen molar-refractivity contribution in [3.05, 3.63) is 0 Å². The minimum Gasteiger partial charge on any atom is -0.338 e. The molecule has 1 heterocycles. The molecule has 2 aliphatic rings. The first-order valence-corrected chi connectivity index (χ1v) is 10.0. The lowest BCUT2D eigenvalue weighted by molar-refractivity contribution is -0.133. The molecule has 6 heteroatoms. The number of hydrogen-bond donors (Lipinski definition) is 0. The van der Waals surface area contributed by atoms with Gasteiger partial charge in [-0.25, -0.2) is 8.42 Å². The Morgan fingerprint density at radius 3 is 2.63 bits per heavy atom. The van der Waals surface area contributed by atoms with Crippen LogP contribution in [0.5, 0.6) is 0 Å². The van der Waals surface area contributed by atoms with Crippen molar-refractivity contribution >= 4 is 31.7 Å². The summed E-state index contributed by atoms with van der Waals surface area (Å²) in [5, 5.41) is 0.917. The van der Waals surface area contributed by atoms with Crippen LogP contribution in [0.1, 0.15) is 38.5 Å². The molecule has 0 radical (unpaired) electrons. The summed E-state index contributed by atoms with van der Waals surface area (Å²) in [6.45, 7) is 0.619. The van der Waals surface area contributed by atoms with Crippen LogP contribution in [0.3, 0.4) is 0 Å². The SMILES string of the molecule is O=C(CCCCBr)N1CCCS(=O)(=O)CC1C1CC1. The fraction of sp³-hybridized carbons (Fsp3) is 0.923. The van der Waals surface area contributed by atoms with Gasteiger partial charge in [0.2, 0.25) is 5.91 Å². The van der Waals surface area contributed by atoms with Crippen molar-refractivity contribution in [2.24, 2.45) is 5.92 Å². The minimum atomic E-state index is -2.97. The van der Waals surface area contributed by atoms with Gasteiger partial charge in [0.1, 0.15) is 0 Å². The van der Waals surface area contributed by atoms with E-state index in [0.717, 1.165) is 31.0 Å². The summed E-state index contributed by atoms with van der Waals surface area (Å²) < 4.78 is 23.8. The van der Waals surface area contributed by atoms with Crippen LogP contribution < -0.4 is 0 Å². The molecule has 0 aromatic carbocycles. The number of amides is 1. The zero-order valence-corrected chi connectivity index (χ0v) is 13.6. The van der Waals surface area contributed by atoms with E-state index in [1.165, 1.54) is 0 Å². The maximum atomic E-state index is 12.3. The van der Waals surface area contributed by atoms with Gasteiger partial charge in [-0.2, -0.15) is 0 Å². The molecule has 0 bridgehead atoms. The van der Waals surface area contributed by atoms with E-state index in [2.05, 4.69) is 15.9 Å². The van der Waals surface area contributed by atoms with Crippen molar-refractivity contribution in [2.75, 3.05) is 23.4 Å². The molecule has 1 saturated heterocycles. The number of alkyl halides is 1. The van der Waals surface area contributed by atoms with Crippen LogP contribution in [0, 0.1) is 5.92 Å². The Morgan fingerprint density at radius 2 is 2.00 bits per heavy atom. The molecular formula is C13H22BrNO3S. The summed E-state index contributed by atoms with van der Waals surface area (Å²) in [7, 11) is -2.97. The highest BCUT2D eigenvalue weighted by molar-refractivity contribution is 9.09. The van der Waals surface area contributed by atoms with Gasteiger partial charge in [-0.1, -0.05) is 15.9 Å². The summed E-state index contributed by atoms with van der Waals surface area (Å²) in [6, 6.07) is -0.0519. The first-order chi connectivity index (χ1) is 9.03. The van der Waals surface area contributed by atoms with Crippen LogP contribution in [-0.2, 0) is 14.6 Å². The maximum Gasteiger partial charge on any atom is 0.222 e. The van der Waals surface area contributed by atoms with Crippen LogP contribution in [0.15, 0.2) is 0 Å². The number of halogens is 1. The number of unbranched alkanes of at least 4 members (excludes halogenated alkanes) is 1. The molecule has 110 valence electrons. The molecular weight excluding hydrogens is 330 g/mol. The highest BCUT2D eigenvalue weighted by Crippen LogP contribution is 2.37. The van der Waals surface area contributed by atoms with Crippen LogP contribution in [0.25, 0.3) is 0 Å². The van der Waals surface area contributed by atoms with E-state index in [-0.39, 0.29) is 23.5 Å². The fourth-order valence-corrected chi connectivity index (χ4v) is 4.85. The zero-order valence-electron chi connectivity index (χ0n) is 11.2. The average molecular weight is 352 g/mol. The Bertz CT molecular complexity index is 420. The summed E-state index contributed by atoms with van der Waals surface area (Å²) in [5.41, 5.74) is 0. The van der Waals surface area contributed by atoms with E-state index in [1.54, 1.807) is 0 Å². The molecule has 0 aromatic rings. The molecule has 19 heavy (non-hydrogen) atoms. The molecule has 1 aliphatic carbocycles. The summed E-state index contributed by atoms with van der Waals surface area (Å²) in [5.74, 6) is 0.992. The van der Waals surface area contributed by atoms with E-state index in [0.29, 0.717) is 25.3 Å². The standard InChI is InChI=1S/C13H22BrNO3S/c14-7-2-1-4-13(16)15-8-3-9-19(17,18)10-12(15)11-5-6-11/h11-12H,1-10H2. The highest BCUT2D eigenvalue weighted by atomic mass is 79.9. The van der Waals surface area contributed by atoms with Gasteiger partial charge in [-0.3, -0.25) is 4.79 Å². The van der Waals surface area contributed by atoms with Gasteiger partial charge in [0.25, 0.3) is 0 Å². The molecule has 1 atom stereocenters. The second-order valence-corrected chi connectivity index (χ2v) is 8.63. The monoisotopic (exact) mass is 351 g/mol. The van der Waals surface area contributed by atoms with E-state index in [4.69, 9.17) is 0 Å².